The van der Waals surface area contributed by atoms with Crippen LogP contribution in [0.15, 0.2) is 46.9 Å². The molecule has 1 heterocycles. The third-order valence-electron chi connectivity index (χ3n) is 4.74. The topological polar surface area (TPSA) is 78.4 Å². The molecule has 1 unspecified atom stereocenters. The van der Waals surface area contributed by atoms with Crippen molar-refractivity contribution in [1.82, 2.24) is 5.32 Å². The summed E-state index contributed by atoms with van der Waals surface area (Å²) in [5.41, 5.74) is 0.657. The summed E-state index contributed by atoms with van der Waals surface area (Å²) in [5, 5.41) is 15.2. The molecule has 0 radical (unpaired) electrons. The number of fused-ring (bicyclic) bond motifs is 1. The number of phenolic OH excluding ortho intramolecular Hbond substituents is 1. The lowest BCUT2D eigenvalue weighted by Gasteiger charge is -2.18. The number of halogens is 5. The number of carbonyl (C=O) groups excluding carboxylic acids is 2. The lowest BCUT2D eigenvalue weighted by Crippen LogP contribution is -2.21. The number of benzene rings is 3. The van der Waals surface area contributed by atoms with E-state index in [0.29, 0.717) is 15.6 Å². The van der Waals surface area contributed by atoms with Crippen LogP contribution in [0.2, 0.25) is 10.0 Å². The van der Waals surface area contributed by atoms with Crippen LogP contribution in [-0.2, 0) is 0 Å². The number of phenols is 1. The van der Waals surface area contributed by atoms with Gasteiger partial charge in [0.25, 0.3) is 11.8 Å². The summed E-state index contributed by atoms with van der Waals surface area (Å²) in [7, 11) is 0. The minimum atomic E-state index is -0.859. The normalized spacial score (nSPS) is 14.9. The van der Waals surface area contributed by atoms with Crippen molar-refractivity contribution in [1.29, 1.82) is 0 Å². The zero-order valence-electron chi connectivity index (χ0n) is 15.3. The van der Waals surface area contributed by atoms with Crippen LogP contribution in [0.5, 0.6) is 5.75 Å². The van der Waals surface area contributed by atoms with Crippen LogP contribution in [0, 0.1) is 11.6 Å². The van der Waals surface area contributed by atoms with Crippen molar-refractivity contribution in [3.8, 4) is 5.75 Å². The maximum Gasteiger partial charge on any atom is 0.259 e. The second kappa shape index (κ2) is 8.11. The van der Waals surface area contributed by atoms with Gasteiger partial charge < -0.3 is 15.7 Å². The van der Waals surface area contributed by atoms with Gasteiger partial charge in [0, 0.05) is 31.9 Å². The van der Waals surface area contributed by atoms with Crippen LogP contribution in [0.4, 0.5) is 14.5 Å². The Morgan fingerprint density at radius 3 is 2.55 bits per heavy atom. The second-order valence-electron chi connectivity index (χ2n) is 6.72. The highest BCUT2D eigenvalue weighted by Gasteiger charge is 2.35. The molecule has 0 spiro atoms. The smallest absolute Gasteiger partial charge is 0.259 e. The van der Waals surface area contributed by atoms with Crippen LogP contribution >= 0.6 is 39.1 Å². The van der Waals surface area contributed by atoms with Gasteiger partial charge in [-0.15, -0.1) is 0 Å². The number of aromatic hydroxyl groups is 1. The molecule has 1 aliphatic heterocycles. The molecule has 0 saturated heterocycles. The number of amides is 2. The molecule has 4 rings (SSSR count). The van der Waals surface area contributed by atoms with Gasteiger partial charge >= 0.3 is 0 Å². The van der Waals surface area contributed by atoms with Gasteiger partial charge in [0.2, 0.25) is 0 Å². The van der Waals surface area contributed by atoms with Crippen molar-refractivity contribution in [2.45, 2.75) is 6.04 Å². The fraction of sp³-hybridized carbons (Fsp3) is 0.0476. The molecule has 158 valence electrons. The molecule has 0 fully saturated rings. The summed E-state index contributed by atoms with van der Waals surface area (Å²) in [5.74, 6) is -3.26. The van der Waals surface area contributed by atoms with E-state index in [0.717, 1.165) is 12.1 Å². The average molecular weight is 528 g/mol. The summed E-state index contributed by atoms with van der Waals surface area (Å²) in [6.45, 7) is 0. The molecule has 5 nitrogen and oxygen atoms in total. The fourth-order valence-corrected chi connectivity index (χ4v) is 4.29. The summed E-state index contributed by atoms with van der Waals surface area (Å²) in [6, 6.07) is 7.66. The van der Waals surface area contributed by atoms with Gasteiger partial charge in [-0.2, -0.15) is 0 Å². The van der Waals surface area contributed by atoms with Crippen LogP contribution in [0.25, 0.3) is 0 Å². The Morgan fingerprint density at radius 2 is 1.81 bits per heavy atom. The Balaban J connectivity index is 1.82. The van der Waals surface area contributed by atoms with Crippen molar-refractivity contribution in [2.24, 2.45) is 0 Å². The third-order valence-corrected chi connectivity index (χ3v) is 5.83. The zero-order chi connectivity index (χ0) is 22.4. The van der Waals surface area contributed by atoms with Gasteiger partial charge in [-0.05, 0) is 42.5 Å². The van der Waals surface area contributed by atoms with E-state index in [9.17, 15) is 23.5 Å². The lowest BCUT2D eigenvalue weighted by molar-refractivity contribution is 0.0959. The molecule has 0 bridgehead atoms. The SMILES string of the molecule is O=C(Nc1cc(Br)cc2c1C(c1cc(F)ccc1Cl)NC2=O)c1cc(F)cc(Cl)c1O. The molecule has 3 aromatic carbocycles. The monoisotopic (exact) mass is 526 g/mol. The first-order valence-electron chi connectivity index (χ1n) is 8.74. The number of anilines is 1. The predicted molar refractivity (Wildman–Crippen MR) is 116 cm³/mol. The van der Waals surface area contributed by atoms with E-state index in [-0.39, 0.29) is 21.3 Å². The lowest BCUT2D eigenvalue weighted by atomic mass is 9.96. The maximum atomic E-state index is 13.9. The highest BCUT2D eigenvalue weighted by atomic mass is 79.9. The van der Waals surface area contributed by atoms with E-state index < -0.39 is 40.8 Å². The van der Waals surface area contributed by atoms with Crippen molar-refractivity contribution in [3.05, 3.63) is 90.9 Å². The van der Waals surface area contributed by atoms with Crippen molar-refractivity contribution < 1.29 is 23.5 Å². The van der Waals surface area contributed by atoms with E-state index in [1.54, 1.807) is 6.07 Å². The number of hydrogen-bond acceptors (Lipinski definition) is 3. The summed E-state index contributed by atoms with van der Waals surface area (Å²) in [4.78, 5) is 25.4. The van der Waals surface area contributed by atoms with E-state index in [1.165, 1.54) is 24.3 Å². The minimum absolute atomic E-state index is 0.179. The van der Waals surface area contributed by atoms with E-state index in [2.05, 4.69) is 26.6 Å². The minimum Gasteiger partial charge on any atom is -0.506 e. The molecule has 31 heavy (non-hydrogen) atoms. The average Bonchev–Trinajstić information content (AvgIpc) is 3.03. The van der Waals surface area contributed by atoms with Gasteiger partial charge in [-0.25, -0.2) is 8.78 Å². The summed E-state index contributed by atoms with van der Waals surface area (Å²) in [6.07, 6.45) is 0. The van der Waals surface area contributed by atoms with Crippen LogP contribution in [0.3, 0.4) is 0 Å². The maximum absolute atomic E-state index is 13.9. The van der Waals surface area contributed by atoms with Gasteiger partial charge in [-0.1, -0.05) is 39.1 Å². The van der Waals surface area contributed by atoms with E-state index >= 15 is 0 Å². The first-order valence-corrected chi connectivity index (χ1v) is 10.3. The van der Waals surface area contributed by atoms with E-state index in [4.69, 9.17) is 23.2 Å². The Hall–Kier alpha value is -2.68. The quantitative estimate of drug-likeness (QED) is 0.401. The first-order chi connectivity index (χ1) is 14.7. The molecule has 10 heteroatoms. The third kappa shape index (κ3) is 3.98. The Bertz CT molecular complexity index is 1270. The molecule has 3 N–H and O–H groups in total. The van der Waals surface area contributed by atoms with Crippen molar-refractivity contribution >= 4 is 56.6 Å². The van der Waals surface area contributed by atoms with Crippen LogP contribution in [-0.4, -0.2) is 16.9 Å². The van der Waals surface area contributed by atoms with Crippen LogP contribution in [0.1, 0.15) is 37.9 Å². The predicted octanol–water partition coefficient (Wildman–Crippen LogP) is 5.82. The second-order valence-corrected chi connectivity index (χ2v) is 8.45. The molecular weight excluding hydrogens is 517 g/mol. The molecule has 1 aliphatic rings. The fourth-order valence-electron chi connectivity index (χ4n) is 3.40. The standard InChI is InChI=1S/C21H11BrCl2F2N2O3/c22-8-3-12-17(18(28-20(12)30)11-5-9(25)1-2-14(11)23)16(4-8)27-21(31)13-6-10(26)7-15(24)19(13)29/h1-7,18,29H,(H,27,31)(H,28,30). The van der Waals surface area contributed by atoms with E-state index in [1.807, 2.05) is 0 Å². The Kier molecular flexibility index (Phi) is 5.63. The molecule has 0 saturated carbocycles. The van der Waals surface area contributed by atoms with Gasteiger partial charge in [-0.3, -0.25) is 9.59 Å². The molecule has 1 atom stereocenters. The molecule has 0 aliphatic carbocycles. The highest BCUT2D eigenvalue weighted by molar-refractivity contribution is 9.10. The Morgan fingerprint density at radius 1 is 1.06 bits per heavy atom. The molecular formula is C21H11BrCl2F2N2O3. The number of hydrogen-bond donors (Lipinski definition) is 3. The van der Waals surface area contributed by atoms with Crippen molar-refractivity contribution in [2.75, 3.05) is 5.32 Å². The number of rotatable bonds is 3. The molecule has 0 aromatic heterocycles. The molecule has 2 amide bonds. The van der Waals surface area contributed by atoms with Crippen LogP contribution < -0.4 is 10.6 Å². The number of carbonyl (C=O) groups is 2. The first kappa shape index (κ1) is 21.5. The summed E-state index contributed by atoms with van der Waals surface area (Å²) < 4.78 is 28.1. The highest BCUT2D eigenvalue weighted by Crippen LogP contribution is 2.41. The van der Waals surface area contributed by atoms with Gasteiger partial charge in [0.1, 0.15) is 17.4 Å². The zero-order valence-corrected chi connectivity index (χ0v) is 18.4. The van der Waals surface area contributed by atoms with Gasteiger partial charge in [0.15, 0.2) is 0 Å². The Labute approximate surface area is 193 Å². The largest absolute Gasteiger partial charge is 0.506 e. The van der Waals surface area contributed by atoms with Gasteiger partial charge in [0.05, 0.1) is 16.6 Å². The number of nitrogens with one attached hydrogen (secondary N) is 2. The van der Waals surface area contributed by atoms with Crippen molar-refractivity contribution in [3.63, 3.8) is 0 Å². The summed E-state index contributed by atoms with van der Waals surface area (Å²) >= 11 is 15.3. The molecule has 3 aromatic rings.